The minimum absolute atomic E-state index is 0.00592. The summed E-state index contributed by atoms with van der Waals surface area (Å²) >= 11 is 4.63. The first-order chi connectivity index (χ1) is 12.2. The Morgan fingerprint density at radius 1 is 1.28 bits per heavy atom. The molecule has 2 heterocycles. The first kappa shape index (κ1) is 20.3. The van der Waals surface area contributed by atoms with Crippen LogP contribution in [0.5, 0.6) is 0 Å². The van der Waals surface area contributed by atoms with Crippen LogP contribution in [0.2, 0.25) is 0 Å². The van der Waals surface area contributed by atoms with Gasteiger partial charge < -0.3 is 9.73 Å². The van der Waals surface area contributed by atoms with Crippen LogP contribution in [0.4, 0.5) is 0 Å². The van der Waals surface area contributed by atoms with Crippen molar-refractivity contribution in [3.8, 4) is 0 Å². The third-order valence-corrected chi connectivity index (χ3v) is 6.67. The summed E-state index contributed by atoms with van der Waals surface area (Å²) in [4.78, 5) is 14.5. The molecular weight excluding hydrogens is 376 g/mol. The summed E-state index contributed by atoms with van der Waals surface area (Å²) in [5.74, 6) is 2.18. The van der Waals surface area contributed by atoms with E-state index >= 15 is 0 Å². The van der Waals surface area contributed by atoms with Gasteiger partial charge in [0.2, 0.25) is 5.91 Å². The molecular formula is C16H24N4O2S3. The van der Waals surface area contributed by atoms with E-state index in [1.54, 1.807) is 18.0 Å². The first-order valence-corrected chi connectivity index (χ1v) is 11.1. The van der Waals surface area contributed by atoms with Crippen molar-refractivity contribution >= 4 is 40.8 Å². The number of carbonyl (C=O) groups is 1. The topological polar surface area (TPSA) is 71.3 Å². The molecule has 9 heteroatoms. The van der Waals surface area contributed by atoms with Crippen molar-refractivity contribution in [1.29, 1.82) is 0 Å². The minimum Gasteiger partial charge on any atom is -0.468 e. The number of likely N-dealkylation sites (N-methyl/N-ethyl adjacent to an activating group) is 1. The number of aromatic nitrogens is 2. The molecule has 1 amide bonds. The number of rotatable bonds is 11. The highest BCUT2D eigenvalue weighted by Gasteiger charge is 2.21. The summed E-state index contributed by atoms with van der Waals surface area (Å²) in [5.41, 5.74) is 0. The van der Waals surface area contributed by atoms with Crippen LogP contribution < -0.4 is 5.32 Å². The van der Waals surface area contributed by atoms with Gasteiger partial charge in [0.15, 0.2) is 8.68 Å². The monoisotopic (exact) mass is 400 g/mol. The molecule has 0 fully saturated rings. The van der Waals surface area contributed by atoms with Gasteiger partial charge in [-0.3, -0.25) is 9.69 Å². The molecule has 6 nitrogen and oxygen atoms in total. The largest absolute Gasteiger partial charge is 0.468 e. The molecule has 0 aromatic carbocycles. The van der Waals surface area contributed by atoms with Crippen molar-refractivity contribution < 1.29 is 9.21 Å². The Kier molecular flexibility index (Phi) is 8.80. The van der Waals surface area contributed by atoms with Gasteiger partial charge >= 0.3 is 0 Å². The normalized spacial score (nSPS) is 12.5. The van der Waals surface area contributed by atoms with Crippen LogP contribution in [0.25, 0.3) is 0 Å². The zero-order valence-corrected chi connectivity index (χ0v) is 17.2. The van der Waals surface area contributed by atoms with E-state index in [0.717, 1.165) is 33.3 Å². The quantitative estimate of drug-likeness (QED) is 0.579. The Labute approximate surface area is 161 Å². The van der Waals surface area contributed by atoms with Gasteiger partial charge in [0, 0.05) is 6.54 Å². The number of hydrogen-bond acceptors (Lipinski definition) is 8. The summed E-state index contributed by atoms with van der Waals surface area (Å²) in [6.07, 6.45) is 1.67. The molecule has 0 aliphatic rings. The van der Waals surface area contributed by atoms with Crippen LogP contribution in [0.3, 0.4) is 0 Å². The number of hydrogen-bond donors (Lipinski definition) is 1. The maximum Gasteiger partial charge on any atom is 0.230 e. The standard InChI is InChI=1S/C16H24N4O2S3/c1-4-20(5-2)12(13-8-7-9-22-13)10-17-14(21)11-24-16-19-18-15(25-16)23-6-3/h7-9,12H,4-6,10-11H2,1-3H3,(H,17,21). The van der Waals surface area contributed by atoms with E-state index in [9.17, 15) is 4.79 Å². The summed E-state index contributed by atoms with van der Waals surface area (Å²) in [6.45, 7) is 8.63. The molecule has 0 radical (unpaired) electrons. The van der Waals surface area contributed by atoms with E-state index in [4.69, 9.17) is 4.42 Å². The van der Waals surface area contributed by atoms with E-state index in [0.29, 0.717) is 12.3 Å². The lowest BCUT2D eigenvalue weighted by atomic mass is 10.2. The molecule has 0 aliphatic heterocycles. The number of furan rings is 1. The summed E-state index contributed by atoms with van der Waals surface area (Å²) in [5, 5.41) is 11.2. The van der Waals surface area contributed by atoms with Crippen molar-refractivity contribution in [3.05, 3.63) is 24.2 Å². The van der Waals surface area contributed by atoms with Gasteiger partial charge in [-0.05, 0) is 31.0 Å². The zero-order chi connectivity index (χ0) is 18.1. The van der Waals surface area contributed by atoms with Crippen molar-refractivity contribution in [2.45, 2.75) is 35.5 Å². The highest BCUT2D eigenvalue weighted by molar-refractivity contribution is 8.03. The molecule has 2 aromatic heterocycles. The Morgan fingerprint density at radius 3 is 2.60 bits per heavy atom. The summed E-state index contributed by atoms with van der Waals surface area (Å²) in [6, 6.07) is 3.89. The zero-order valence-electron chi connectivity index (χ0n) is 14.7. The highest BCUT2D eigenvalue weighted by Crippen LogP contribution is 2.28. The third kappa shape index (κ3) is 6.32. The molecule has 0 aliphatic carbocycles. The Bertz CT molecular complexity index is 629. The van der Waals surface area contributed by atoms with E-state index in [1.165, 1.54) is 23.1 Å². The van der Waals surface area contributed by atoms with Gasteiger partial charge in [0.1, 0.15) is 5.76 Å². The SMILES string of the molecule is CCSc1nnc(SCC(=O)NCC(c2ccco2)N(CC)CC)s1. The number of thioether (sulfide) groups is 2. The fourth-order valence-corrected chi connectivity index (χ4v) is 5.13. The number of nitrogens with one attached hydrogen (secondary N) is 1. The first-order valence-electron chi connectivity index (χ1n) is 8.31. The molecule has 25 heavy (non-hydrogen) atoms. The Balaban J connectivity index is 1.83. The van der Waals surface area contributed by atoms with Crippen LogP contribution in [0.15, 0.2) is 31.5 Å². The number of carbonyl (C=O) groups excluding carboxylic acids is 1. The van der Waals surface area contributed by atoms with Crippen molar-refractivity contribution in [1.82, 2.24) is 20.4 Å². The smallest absolute Gasteiger partial charge is 0.230 e. The average molecular weight is 401 g/mol. The fraction of sp³-hybridized carbons (Fsp3) is 0.562. The van der Waals surface area contributed by atoms with Crippen LogP contribution >= 0.6 is 34.9 Å². The Hall–Kier alpha value is -1.03. The minimum atomic E-state index is -0.00592. The van der Waals surface area contributed by atoms with Crippen LogP contribution in [0, 0.1) is 0 Å². The van der Waals surface area contributed by atoms with Gasteiger partial charge in [-0.1, -0.05) is 55.6 Å². The molecule has 2 aromatic rings. The summed E-state index contributed by atoms with van der Waals surface area (Å²) in [7, 11) is 0. The lowest BCUT2D eigenvalue weighted by molar-refractivity contribution is -0.118. The highest BCUT2D eigenvalue weighted by atomic mass is 32.2. The van der Waals surface area contributed by atoms with Crippen molar-refractivity contribution in [3.63, 3.8) is 0 Å². The fourth-order valence-electron chi connectivity index (χ4n) is 2.38. The van der Waals surface area contributed by atoms with E-state index < -0.39 is 0 Å². The second-order valence-electron chi connectivity index (χ2n) is 5.11. The predicted molar refractivity (Wildman–Crippen MR) is 104 cm³/mol. The maximum atomic E-state index is 12.2. The van der Waals surface area contributed by atoms with Gasteiger partial charge in [0.25, 0.3) is 0 Å². The predicted octanol–water partition coefficient (Wildman–Crippen LogP) is 3.53. The van der Waals surface area contributed by atoms with Gasteiger partial charge in [-0.15, -0.1) is 10.2 Å². The van der Waals surface area contributed by atoms with Crippen molar-refractivity contribution in [2.24, 2.45) is 0 Å². The van der Waals surface area contributed by atoms with Crippen LogP contribution in [-0.4, -0.2) is 52.1 Å². The van der Waals surface area contributed by atoms with E-state index in [1.807, 2.05) is 12.1 Å². The molecule has 138 valence electrons. The van der Waals surface area contributed by atoms with E-state index in [-0.39, 0.29) is 11.9 Å². The molecule has 2 rings (SSSR count). The maximum absolute atomic E-state index is 12.2. The van der Waals surface area contributed by atoms with Gasteiger partial charge in [-0.2, -0.15) is 0 Å². The van der Waals surface area contributed by atoms with Crippen LogP contribution in [0.1, 0.15) is 32.6 Å². The van der Waals surface area contributed by atoms with Gasteiger partial charge in [0.05, 0.1) is 18.1 Å². The lowest BCUT2D eigenvalue weighted by Crippen LogP contribution is -2.38. The molecule has 1 N–H and O–H groups in total. The summed E-state index contributed by atoms with van der Waals surface area (Å²) < 4.78 is 7.33. The lowest BCUT2D eigenvalue weighted by Gasteiger charge is -2.28. The molecule has 0 spiro atoms. The van der Waals surface area contributed by atoms with Crippen molar-refractivity contribution in [2.75, 3.05) is 31.1 Å². The third-order valence-electron chi connectivity index (χ3n) is 3.60. The Morgan fingerprint density at radius 2 is 2.00 bits per heavy atom. The molecule has 0 saturated carbocycles. The molecule has 1 atom stereocenters. The second-order valence-corrected chi connectivity index (χ2v) is 8.82. The van der Waals surface area contributed by atoms with Gasteiger partial charge in [-0.25, -0.2) is 0 Å². The molecule has 0 bridgehead atoms. The number of nitrogens with zero attached hydrogens (tertiary/aromatic N) is 3. The molecule has 0 saturated heterocycles. The van der Waals surface area contributed by atoms with Crippen LogP contribution in [-0.2, 0) is 4.79 Å². The van der Waals surface area contributed by atoms with E-state index in [2.05, 4.69) is 41.2 Å². The molecule has 1 unspecified atom stereocenters. The second kappa shape index (κ2) is 10.8. The average Bonchev–Trinajstić information content (AvgIpc) is 3.29. The number of amides is 1.